The van der Waals surface area contributed by atoms with Gasteiger partial charge in [0.25, 0.3) is 0 Å². The van der Waals surface area contributed by atoms with Crippen LogP contribution in [0.15, 0.2) is 24.3 Å². The monoisotopic (exact) mass is 261 g/mol. The Morgan fingerprint density at radius 2 is 2.11 bits per heavy atom. The minimum absolute atomic E-state index is 0.375. The molecule has 0 aromatic heterocycles. The predicted molar refractivity (Wildman–Crippen MR) is 75.4 cm³/mol. The van der Waals surface area contributed by atoms with Gasteiger partial charge < -0.3 is 15.2 Å². The quantitative estimate of drug-likeness (QED) is 0.906. The summed E-state index contributed by atoms with van der Waals surface area (Å²) in [6.07, 6.45) is 5.09. The lowest BCUT2D eigenvalue weighted by atomic mass is 9.94. The smallest absolute Gasteiger partial charge is 0.122 e. The molecule has 0 saturated heterocycles. The van der Waals surface area contributed by atoms with Crippen molar-refractivity contribution >= 4 is 0 Å². The van der Waals surface area contributed by atoms with Crippen LogP contribution in [0.5, 0.6) is 5.75 Å². The van der Waals surface area contributed by atoms with E-state index in [-0.39, 0.29) is 0 Å². The maximum Gasteiger partial charge on any atom is 0.122 e. The average Bonchev–Trinajstić information content (AvgIpc) is 2.92. The van der Waals surface area contributed by atoms with Crippen LogP contribution in [0.4, 0.5) is 0 Å². The van der Waals surface area contributed by atoms with Gasteiger partial charge in [-0.3, -0.25) is 0 Å². The number of para-hydroxylation sites is 1. The summed E-state index contributed by atoms with van der Waals surface area (Å²) in [5.74, 6) is 2.07. The number of hydrogen-bond donors (Lipinski definition) is 1. The highest BCUT2D eigenvalue weighted by Crippen LogP contribution is 2.35. The van der Waals surface area contributed by atoms with Crippen molar-refractivity contribution < 1.29 is 9.47 Å². The summed E-state index contributed by atoms with van der Waals surface area (Å²) in [4.78, 5) is 0. The Kier molecular flexibility index (Phi) is 4.04. The van der Waals surface area contributed by atoms with E-state index >= 15 is 0 Å². The van der Waals surface area contributed by atoms with Crippen LogP contribution in [0, 0.1) is 5.92 Å². The zero-order valence-electron chi connectivity index (χ0n) is 11.4. The number of nitrogens with two attached hydrogens (primary N) is 1. The van der Waals surface area contributed by atoms with E-state index in [0.717, 1.165) is 31.9 Å². The first-order valence-corrected chi connectivity index (χ1v) is 7.42. The normalized spacial score (nSPS) is 29.8. The van der Waals surface area contributed by atoms with Crippen LogP contribution < -0.4 is 10.5 Å². The highest BCUT2D eigenvalue weighted by molar-refractivity contribution is 5.37. The first-order chi connectivity index (χ1) is 9.38. The third kappa shape index (κ3) is 2.77. The number of hydrogen-bond acceptors (Lipinski definition) is 3. The summed E-state index contributed by atoms with van der Waals surface area (Å²) in [7, 11) is 0. The molecule has 3 rings (SSSR count). The molecule has 104 valence electrons. The molecule has 0 amide bonds. The first-order valence-electron chi connectivity index (χ1n) is 7.42. The van der Waals surface area contributed by atoms with Crippen LogP contribution in [-0.2, 0) is 4.74 Å². The molecule has 1 aliphatic carbocycles. The van der Waals surface area contributed by atoms with Crippen molar-refractivity contribution in [3.63, 3.8) is 0 Å². The van der Waals surface area contributed by atoms with E-state index in [1.165, 1.54) is 24.8 Å². The maximum atomic E-state index is 6.17. The molecule has 1 aliphatic heterocycles. The van der Waals surface area contributed by atoms with Gasteiger partial charge in [-0.1, -0.05) is 24.6 Å². The maximum absolute atomic E-state index is 6.17. The fraction of sp³-hybridized carbons (Fsp3) is 0.625. The van der Waals surface area contributed by atoms with E-state index < -0.39 is 0 Å². The molecule has 3 heteroatoms. The number of benzene rings is 1. The largest absolute Gasteiger partial charge is 0.493 e. The Balaban J connectivity index is 1.62. The number of rotatable bonds is 4. The van der Waals surface area contributed by atoms with Gasteiger partial charge in [0.05, 0.1) is 19.3 Å². The molecule has 1 fully saturated rings. The lowest BCUT2D eigenvalue weighted by Crippen LogP contribution is -2.28. The third-order valence-corrected chi connectivity index (χ3v) is 4.49. The van der Waals surface area contributed by atoms with Gasteiger partial charge in [0.1, 0.15) is 5.75 Å². The Bertz CT molecular complexity index is 421. The Labute approximate surface area is 115 Å². The van der Waals surface area contributed by atoms with Crippen LogP contribution in [-0.4, -0.2) is 25.9 Å². The summed E-state index contributed by atoms with van der Waals surface area (Å²) in [6.45, 7) is 2.37. The predicted octanol–water partition coefficient (Wildman–Crippen LogP) is 2.70. The van der Waals surface area contributed by atoms with Crippen LogP contribution in [0.2, 0.25) is 0 Å². The van der Waals surface area contributed by atoms with Gasteiger partial charge in [-0.25, -0.2) is 0 Å². The van der Waals surface area contributed by atoms with Gasteiger partial charge in [-0.2, -0.15) is 0 Å². The van der Waals surface area contributed by atoms with E-state index in [1.54, 1.807) is 0 Å². The molecular weight excluding hydrogens is 238 g/mol. The molecule has 3 unspecified atom stereocenters. The van der Waals surface area contributed by atoms with Crippen molar-refractivity contribution in [1.82, 2.24) is 0 Å². The summed E-state index contributed by atoms with van der Waals surface area (Å²) in [5.41, 5.74) is 7.11. The summed E-state index contributed by atoms with van der Waals surface area (Å²) >= 11 is 0. The standard InChI is InChI=1S/C16H23NO2/c17-10-12-4-3-7-15(12)19-11-13-8-9-18-16-6-2-1-5-14(13)16/h1-2,5-6,12-13,15H,3-4,7-11,17H2. The van der Waals surface area contributed by atoms with Crippen LogP contribution in [0.1, 0.15) is 37.2 Å². The highest BCUT2D eigenvalue weighted by atomic mass is 16.5. The number of ether oxygens (including phenoxy) is 2. The van der Waals surface area contributed by atoms with E-state index in [2.05, 4.69) is 18.2 Å². The van der Waals surface area contributed by atoms with Crippen molar-refractivity contribution in [1.29, 1.82) is 0 Å². The molecule has 0 spiro atoms. The first kappa shape index (κ1) is 12.9. The van der Waals surface area contributed by atoms with Crippen LogP contribution >= 0.6 is 0 Å². The molecular formula is C16H23NO2. The fourth-order valence-electron chi connectivity index (χ4n) is 3.32. The molecule has 3 nitrogen and oxygen atoms in total. The fourth-order valence-corrected chi connectivity index (χ4v) is 3.32. The van der Waals surface area contributed by atoms with Crippen molar-refractivity contribution in [2.75, 3.05) is 19.8 Å². The average molecular weight is 261 g/mol. The van der Waals surface area contributed by atoms with E-state index in [9.17, 15) is 0 Å². The van der Waals surface area contributed by atoms with Crippen molar-refractivity contribution in [2.24, 2.45) is 11.7 Å². The SMILES string of the molecule is NCC1CCCC1OCC1CCOc2ccccc21. The second-order valence-electron chi connectivity index (χ2n) is 5.67. The zero-order chi connectivity index (χ0) is 13.1. The molecule has 19 heavy (non-hydrogen) atoms. The molecule has 2 N–H and O–H groups in total. The highest BCUT2D eigenvalue weighted by Gasteiger charge is 2.29. The van der Waals surface area contributed by atoms with E-state index in [4.69, 9.17) is 15.2 Å². The second kappa shape index (κ2) is 5.93. The van der Waals surface area contributed by atoms with Crippen molar-refractivity contribution in [3.05, 3.63) is 29.8 Å². The lowest BCUT2D eigenvalue weighted by Gasteiger charge is -2.28. The molecule has 0 radical (unpaired) electrons. The Morgan fingerprint density at radius 1 is 1.21 bits per heavy atom. The number of fused-ring (bicyclic) bond motifs is 1. The second-order valence-corrected chi connectivity index (χ2v) is 5.67. The van der Waals surface area contributed by atoms with Gasteiger partial charge >= 0.3 is 0 Å². The van der Waals surface area contributed by atoms with Gasteiger partial charge in [0.2, 0.25) is 0 Å². The van der Waals surface area contributed by atoms with Gasteiger partial charge in [0, 0.05) is 5.92 Å². The lowest BCUT2D eigenvalue weighted by molar-refractivity contribution is 0.0160. The Morgan fingerprint density at radius 3 is 3.00 bits per heavy atom. The summed E-state index contributed by atoms with van der Waals surface area (Å²) < 4.78 is 11.9. The van der Waals surface area contributed by atoms with Crippen LogP contribution in [0.3, 0.4) is 0 Å². The summed E-state index contributed by atoms with van der Waals surface area (Å²) in [6, 6.07) is 8.33. The zero-order valence-corrected chi connectivity index (χ0v) is 11.4. The molecule has 2 aliphatic rings. The molecule has 1 heterocycles. The van der Waals surface area contributed by atoms with Gasteiger partial charge in [-0.05, 0) is 43.4 Å². The van der Waals surface area contributed by atoms with Gasteiger partial charge in [0.15, 0.2) is 0 Å². The molecule has 0 bridgehead atoms. The summed E-state index contributed by atoms with van der Waals surface area (Å²) in [5, 5.41) is 0. The molecule has 1 aromatic rings. The third-order valence-electron chi connectivity index (χ3n) is 4.49. The minimum Gasteiger partial charge on any atom is -0.493 e. The Hall–Kier alpha value is -1.06. The minimum atomic E-state index is 0.375. The molecule has 3 atom stereocenters. The van der Waals surface area contributed by atoms with E-state index in [1.807, 2.05) is 6.07 Å². The molecule has 1 saturated carbocycles. The van der Waals surface area contributed by atoms with Crippen molar-refractivity contribution in [2.45, 2.75) is 37.7 Å². The van der Waals surface area contributed by atoms with Crippen LogP contribution in [0.25, 0.3) is 0 Å². The van der Waals surface area contributed by atoms with Crippen molar-refractivity contribution in [3.8, 4) is 5.75 Å². The topological polar surface area (TPSA) is 44.5 Å². The van der Waals surface area contributed by atoms with Gasteiger partial charge in [-0.15, -0.1) is 0 Å². The van der Waals surface area contributed by atoms with E-state index in [0.29, 0.717) is 17.9 Å². The molecule has 1 aromatic carbocycles.